The summed E-state index contributed by atoms with van der Waals surface area (Å²) in [5.41, 5.74) is 8.44. The molecule has 5 heteroatoms. The number of benzene rings is 1. The van der Waals surface area contributed by atoms with Gasteiger partial charge < -0.3 is 10.6 Å². The first-order chi connectivity index (χ1) is 9.06. The van der Waals surface area contributed by atoms with E-state index in [9.17, 15) is 0 Å². The summed E-state index contributed by atoms with van der Waals surface area (Å²) in [6, 6.07) is 12.1. The molecule has 0 saturated heterocycles. The van der Waals surface area contributed by atoms with Crippen LogP contribution in [0.4, 0.5) is 5.69 Å². The summed E-state index contributed by atoms with van der Waals surface area (Å²) in [6.07, 6.45) is 1.78. The first-order valence-electron chi connectivity index (χ1n) is 5.77. The molecule has 0 saturated carbocycles. The van der Waals surface area contributed by atoms with E-state index in [0.717, 1.165) is 16.7 Å². The maximum atomic E-state index is 5.53. The molecule has 2 rings (SSSR count). The third-order valence-electron chi connectivity index (χ3n) is 2.75. The van der Waals surface area contributed by atoms with E-state index in [1.807, 2.05) is 31.3 Å². The third-order valence-corrected chi connectivity index (χ3v) is 3.45. The highest BCUT2D eigenvalue weighted by Crippen LogP contribution is 2.17. The number of halogens is 1. The number of aromatic nitrogens is 1. The average Bonchev–Trinajstić information content (AvgIpc) is 2.39. The van der Waals surface area contributed by atoms with Gasteiger partial charge in [-0.25, -0.2) is 0 Å². The molecule has 0 aliphatic carbocycles. The number of nitrogens with two attached hydrogens (primary N) is 1. The number of rotatable bonds is 4. The highest BCUT2D eigenvalue weighted by atomic mass is 79.9. The van der Waals surface area contributed by atoms with Gasteiger partial charge >= 0.3 is 0 Å². The minimum absolute atomic E-state index is 0.321. The molecule has 0 fully saturated rings. The minimum Gasteiger partial charge on any atom is -0.388 e. The smallest absolute Gasteiger partial charge is 0.122 e. The van der Waals surface area contributed by atoms with E-state index < -0.39 is 0 Å². The van der Waals surface area contributed by atoms with Crippen LogP contribution >= 0.6 is 28.1 Å². The Labute approximate surface area is 126 Å². The van der Waals surface area contributed by atoms with Crippen LogP contribution in [-0.4, -0.2) is 17.0 Å². The van der Waals surface area contributed by atoms with Gasteiger partial charge in [-0.15, -0.1) is 0 Å². The molecule has 0 spiro atoms. The van der Waals surface area contributed by atoms with E-state index in [0.29, 0.717) is 10.7 Å². The monoisotopic (exact) mass is 335 g/mol. The second-order valence-corrected chi connectivity index (χ2v) is 5.61. The Bertz CT molecular complexity index is 583. The molecule has 0 aliphatic heterocycles. The van der Waals surface area contributed by atoms with Gasteiger partial charge in [-0.3, -0.25) is 4.98 Å². The summed E-state index contributed by atoms with van der Waals surface area (Å²) >= 11 is 8.36. The lowest BCUT2D eigenvalue weighted by molar-refractivity contribution is 0.917. The van der Waals surface area contributed by atoms with E-state index in [1.165, 1.54) is 5.56 Å². The Hall–Kier alpha value is -1.46. The number of hydrogen-bond donors (Lipinski definition) is 1. The molecule has 1 heterocycles. The van der Waals surface area contributed by atoms with Crippen LogP contribution in [0, 0.1) is 0 Å². The van der Waals surface area contributed by atoms with Gasteiger partial charge in [0.2, 0.25) is 0 Å². The summed E-state index contributed by atoms with van der Waals surface area (Å²) < 4.78 is 1.08. The van der Waals surface area contributed by atoms with Crippen molar-refractivity contribution in [1.82, 2.24) is 4.98 Å². The molecular weight excluding hydrogens is 322 g/mol. The van der Waals surface area contributed by atoms with Gasteiger partial charge in [-0.2, -0.15) is 0 Å². The summed E-state index contributed by atoms with van der Waals surface area (Å²) in [7, 11) is 2.03. The van der Waals surface area contributed by atoms with Crippen molar-refractivity contribution in [3.8, 4) is 0 Å². The molecular formula is C14H14BrN3S. The summed E-state index contributed by atoms with van der Waals surface area (Å²) in [6.45, 7) is 0.813. The van der Waals surface area contributed by atoms with E-state index >= 15 is 0 Å². The van der Waals surface area contributed by atoms with E-state index in [4.69, 9.17) is 18.0 Å². The van der Waals surface area contributed by atoms with Gasteiger partial charge in [-0.05, 0) is 29.8 Å². The van der Waals surface area contributed by atoms with Crippen LogP contribution < -0.4 is 10.6 Å². The predicted molar refractivity (Wildman–Crippen MR) is 86.4 cm³/mol. The van der Waals surface area contributed by atoms with Gasteiger partial charge in [-0.1, -0.05) is 40.3 Å². The number of nitrogens with zero attached hydrogens (tertiary/aromatic N) is 2. The zero-order chi connectivity index (χ0) is 13.8. The molecule has 0 aliphatic rings. The lowest BCUT2D eigenvalue weighted by atomic mass is 10.2. The zero-order valence-corrected chi connectivity index (χ0v) is 12.9. The summed E-state index contributed by atoms with van der Waals surface area (Å²) in [5, 5.41) is 0. The van der Waals surface area contributed by atoms with Crippen molar-refractivity contribution in [3.63, 3.8) is 0 Å². The van der Waals surface area contributed by atoms with Crippen LogP contribution in [0.1, 0.15) is 11.3 Å². The van der Waals surface area contributed by atoms with Gasteiger partial charge in [0, 0.05) is 18.1 Å². The molecule has 3 nitrogen and oxygen atoms in total. The molecule has 2 aromatic rings. The molecule has 98 valence electrons. The van der Waals surface area contributed by atoms with Crippen LogP contribution in [0.25, 0.3) is 0 Å². The van der Waals surface area contributed by atoms with Gasteiger partial charge in [0.05, 0.1) is 17.6 Å². The second-order valence-electron chi connectivity index (χ2n) is 4.25. The van der Waals surface area contributed by atoms with Crippen molar-refractivity contribution in [2.24, 2.45) is 5.73 Å². The minimum atomic E-state index is 0.321. The molecule has 19 heavy (non-hydrogen) atoms. The van der Waals surface area contributed by atoms with Crippen molar-refractivity contribution >= 4 is 38.8 Å². The van der Waals surface area contributed by atoms with E-state index in [1.54, 1.807) is 6.20 Å². The quantitative estimate of drug-likeness (QED) is 0.871. The number of anilines is 1. The fraction of sp³-hybridized carbons (Fsp3) is 0.143. The summed E-state index contributed by atoms with van der Waals surface area (Å²) in [4.78, 5) is 6.68. The van der Waals surface area contributed by atoms with Crippen molar-refractivity contribution < 1.29 is 0 Å². The molecule has 2 N–H and O–H groups in total. The first-order valence-corrected chi connectivity index (χ1v) is 6.98. The van der Waals surface area contributed by atoms with Crippen molar-refractivity contribution in [1.29, 1.82) is 0 Å². The standard InChI is InChI=1S/C14H14BrN3S/c1-18(9-10-3-2-4-11(15)7-10)12-5-6-13(14(16)19)17-8-12/h2-8H,9H2,1H3,(H2,16,19). The molecule has 1 aromatic heterocycles. The Kier molecular flexibility index (Phi) is 4.50. The molecule has 0 amide bonds. The Morgan fingerprint density at radius 3 is 2.74 bits per heavy atom. The fourth-order valence-electron chi connectivity index (χ4n) is 1.76. The molecule has 0 radical (unpaired) electrons. The van der Waals surface area contributed by atoms with Crippen LogP contribution in [0.5, 0.6) is 0 Å². The number of hydrogen-bond acceptors (Lipinski definition) is 3. The van der Waals surface area contributed by atoms with Gasteiger partial charge in [0.1, 0.15) is 4.99 Å². The van der Waals surface area contributed by atoms with Crippen molar-refractivity contribution in [2.45, 2.75) is 6.54 Å². The highest BCUT2D eigenvalue weighted by Gasteiger charge is 2.04. The average molecular weight is 336 g/mol. The third kappa shape index (κ3) is 3.75. The Morgan fingerprint density at radius 1 is 1.37 bits per heavy atom. The van der Waals surface area contributed by atoms with Crippen LogP contribution in [-0.2, 0) is 6.54 Å². The lowest BCUT2D eigenvalue weighted by Crippen LogP contribution is -2.17. The molecule has 1 aromatic carbocycles. The molecule has 0 bridgehead atoms. The van der Waals surface area contributed by atoms with Crippen molar-refractivity contribution in [2.75, 3.05) is 11.9 Å². The van der Waals surface area contributed by atoms with Crippen molar-refractivity contribution in [3.05, 3.63) is 58.3 Å². The normalized spacial score (nSPS) is 10.2. The topological polar surface area (TPSA) is 42.1 Å². The van der Waals surface area contributed by atoms with Crippen LogP contribution in [0.2, 0.25) is 0 Å². The maximum absolute atomic E-state index is 5.53. The Morgan fingerprint density at radius 2 is 2.16 bits per heavy atom. The predicted octanol–water partition coefficient (Wildman–Crippen LogP) is 3.11. The number of pyridine rings is 1. The molecule has 0 unspecified atom stereocenters. The fourth-order valence-corrected chi connectivity index (χ4v) is 2.33. The molecule has 0 atom stereocenters. The maximum Gasteiger partial charge on any atom is 0.122 e. The Balaban J connectivity index is 2.11. The van der Waals surface area contributed by atoms with Gasteiger partial charge in [0.25, 0.3) is 0 Å². The second kappa shape index (κ2) is 6.12. The summed E-state index contributed by atoms with van der Waals surface area (Å²) in [5.74, 6) is 0. The number of thiocarbonyl (C=S) groups is 1. The lowest BCUT2D eigenvalue weighted by Gasteiger charge is -2.19. The highest BCUT2D eigenvalue weighted by molar-refractivity contribution is 9.10. The van der Waals surface area contributed by atoms with Crippen LogP contribution in [0.3, 0.4) is 0 Å². The van der Waals surface area contributed by atoms with Gasteiger partial charge in [0.15, 0.2) is 0 Å². The zero-order valence-electron chi connectivity index (χ0n) is 10.5. The van der Waals surface area contributed by atoms with E-state index in [2.05, 4.69) is 37.9 Å². The SMILES string of the molecule is CN(Cc1cccc(Br)c1)c1ccc(C(N)=S)nc1. The largest absolute Gasteiger partial charge is 0.388 e. The van der Waals surface area contributed by atoms with Crippen LogP contribution in [0.15, 0.2) is 47.1 Å². The first kappa shape index (κ1) is 14.0. The van der Waals surface area contributed by atoms with E-state index in [-0.39, 0.29) is 0 Å².